The van der Waals surface area contributed by atoms with E-state index in [0.29, 0.717) is 22.1 Å². The number of ether oxygens (including phenoxy) is 1. The van der Waals surface area contributed by atoms with Gasteiger partial charge in [-0.15, -0.1) is 0 Å². The third-order valence-electron chi connectivity index (χ3n) is 4.13. The Morgan fingerprint density at radius 1 is 0.967 bits per heavy atom. The number of halogens is 1. The molecule has 0 aliphatic heterocycles. The number of benzene rings is 3. The Labute approximate surface area is 180 Å². The average molecular weight is 445 g/mol. The second-order valence-corrected chi connectivity index (χ2v) is 8.86. The summed E-state index contributed by atoms with van der Waals surface area (Å²) in [4.78, 5) is 12.1. The van der Waals surface area contributed by atoms with Gasteiger partial charge in [-0.05, 0) is 73.5 Å². The summed E-state index contributed by atoms with van der Waals surface area (Å²) in [5.41, 5.74) is 2.92. The molecule has 30 heavy (non-hydrogen) atoms. The zero-order valence-corrected chi connectivity index (χ0v) is 18.0. The van der Waals surface area contributed by atoms with Crippen molar-refractivity contribution in [3.8, 4) is 5.75 Å². The fourth-order valence-electron chi connectivity index (χ4n) is 2.86. The van der Waals surface area contributed by atoms with E-state index in [9.17, 15) is 13.2 Å². The first-order valence-electron chi connectivity index (χ1n) is 9.11. The van der Waals surface area contributed by atoms with Crippen LogP contribution in [0.3, 0.4) is 0 Å². The van der Waals surface area contributed by atoms with Crippen molar-refractivity contribution in [2.24, 2.45) is 0 Å². The van der Waals surface area contributed by atoms with Gasteiger partial charge in [0, 0.05) is 5.69 Å². The van der Waals surface area contributed by atoms with E-state index in [2.05, 4.69) is 10.0 Å². The van der Waals surface area contributed by atoms with E-state index < -0.39 is 10.0 Å². The zero-order valence-electron chi connectivity index (χ0n) is 16.5. The minimum atomic E-state index is -3.74. The molecule has 0 fully saturated rings. The largest absolute Gasteiger partial charge is 0.484 e. The van der Waals surface area contributed by atoms with Crippen molar-refractivity contribution >= 4 is 38.9 Å². The van der Waals surface area contributed by atoms with Crippen LogP contribution in [0.1, 0.15) is 11.1 Å². The molecule has 2 N–H and O–H groups in total. The normalized spacial score (nSPS) is 11.0. The highest BCUT2D eigenvalue weighted by Gasteiger charge is 2.15. The van der Waals surface area contributed by atoms with Gasteiger partial charge < -0.3 is 10.1 Å². The molecule has 3 aromatic carbocycles. The van der Waals surface area contributed by atoms with Crippen LogP contribution in [-0.2, 0) is 14.8 Å². The van der Waals surface area contributed by atoms with Crippen LogP contribution >= 0.6 is 11.6 Å². The van der Waals surface area contributed by atoms with Crippen LogP contribution in [0.4, 0.5) is 11.4 Å². The Morgan fingerprint density at radius 2 is 1.60 bits per heavy atom. The summed E-state index contributed by atoms with van der Waals surface area (Å²) in [6.07, 6.45) is 0. The van der Waals surface area contributed by atoms with Gasteiger partial charge in [0.15, 0.2) is 6.61 Å². The number of para-hydroxylation sites is 1. The van der Waals surface area contributed by atoms with E-state index in [0.717, 1.165) is 11.1 Å². The molecule has 0 unspecified atom stereocenters. The van der Waals surface area contributed by atoms with Crippen LogP contribution in [-0.4, -0.2) is 20.9 Å². The number of nitrogens with one attached hydrogen (secondary N) is 2. The lowest BCUT2D eigenvalue weighted by molar-refractivity contribution is -0.118. The monoisotopic (exact) mass is 444 g/mol. The van der Waals surface area contributed by atoms with Crippen LogP contribution in [0.5, 0.6) is 5.75 Å². The minimum Gasteiger partial charge on any atom is -0.484 e. The molecule has 3 rings (SSSR count). The first kappa shape index (κ1) is 21.7. The number of amides is 1. The van der Waals surface area contributed by atoms with Crippen molar-refractivity contribution in [1.29, 1.82) is 0 Å². The third-order valence-corrected chi connectivity index (χ3v) is 5.85. The maximum Gasteiger partial charge on any atom is 0.262 e. The fraction of sp³-hybridized carbons (Fsp3) is 0.136. The predicted molar refractivity (Wildman–Crippen MR) is 119 cm³/mol. The molecular weight excluding hydrogens is 424 g/mol. The second kappa shape index (κ2) is 9.19. The Kier molecular flexibility index (Phi) is 6.64. The predicted octanol–water partition coefficient (Wildman–Crippen LogP) is 4.78. The van der Waals surface area contributed by atoms with Crippen molar-refractivity contribution in [3.05, 3.63) is 82.9 Å². The molecule has 0 saturated carbocycles. The lowest BCUT2D eigenvalue weighted by Gasteiger charge is -2.11. The molecule has 0 bridgehead atoms. The Bertz CT molecular complexity index is 1140. The molecule has 0 heterocycles. The number of carbonyl (C=O) groups is 1. The SMILES string of the molecule is Cc1cc(C)cc(NS(=O)(=O)c2ccc(OCC(=O)Nc3ccccc3Cl)cc2)c1. The average Bonchev–Trinajstić information content (AvgIpc) is 2.67. The van der Waals surface area contributed by atoms with Gasteiger partial charge in [-0.1, -0.05) is 29.8 Å². The van der Waals surface area contributed by atoms with Gasteiger partial charge in [-0.25, -0.2) is 8.42 Å². The van der Waals surface area contributed by atoms with Crippen LogP contribution in [0.2, 0.25) is 5.02 Å². The van der Waals surface area contributed by atoms with Gasteiger partial charge in [0.2, 0.25) is 0 Å². The summed E-state index contributed by atoms with van der Waals surface area (Å²) in [6, 6.07) is 18.2. The molecule has 0 radical (unpaired) electrons. The van der Waals surface area contributed by atoms with E-state index in [1.165, 1.54) is 24.3 Å². The summed E-state index contributed by atoms with van der Waals surface area (Å²) >= 11 is 6.00. The molecule has 0 saturated heterocycles. The fourth-order valence-corrected chi connectivity index (χ4v) is 4.08. The summed E-state index contributed by atoms with van der Waals surface area (Å²) < 4.78 is 33.2. The van der Waals surface area contributed by atoms with Crippen molar-refractivity contribution in [2.45, 2.75) is 18.7 Å². The first-order chi connectivity index (χ1) is 14.2. The number of rotatable bonds is 7. The second-order valence-electron chi connectivity index (χ2n) is 6.77. The molecular formula is C22H21ClN2O4S. The maximum absolute atomic E-state index is 12.6. The van der Waals surface area contributed by atoms with Gasteiger partial charge in [0.25, 0.3) is 15.9 Å². The molecule has 6 nitrogen and oxygen atoms in total. The van der Waals surface area contributed by atoms with Gasteiger partial charge >= 0.3 is 0 Å². The van der Waals surface area contributed by atoms with E-state index >= 15 is 0 Å². The number of sulfonamides is 1. The van der Waals surface area contributed by atoms with E-state index in [-0.39, 0.29) is 17.4 Å². The lowest BCUT2D eigenvalue weighted by Crippen LogP contribution is -2.20. The van der Waals surface area contributed by atoms with Crippen molar-refractivity contribution in [1.82, 2.24) is 0 Å². The molecule has 1 amide bonds. The van der Waals surface area contributed by atoms with Gasteiger partial charge in [0.05, 0.1) is 15.6 Å². The highest BCUT2D eigenvalue weighted by molar-refractivity contribution is 7.92. The molecule has 8 heteroatoms. The van der Waals surface area contributed by atoms with Gasteiger partial charge in [-0.2, -0.15) is 0 Å². The first-order valence-corrected chi connectivity index (χ1v) is 11.0. The van der Waals surface area contributed by atoms with Crippen molar-refractivity contribution < 1.29 is 17.9 Å². The highest BCUT2D eigenvalue weighted by Crippen LogP contribution is 2.22. The molecule has 156 valence electrons. The summed E-state index contributed by atoms with van der Waals surface area (Å²) in [6.45, 7) is 3.57. The summed E-state index contributed by atoms with van der Waals surface area (Å²) in [7, 11) is -3.74. The number of hydrogen-bond acceptors (Lipinski definition) is 4. The number of carbonyl (C=O) groups excluding carboxylic acids is 1. The molecule has 0 spiro atoms. The molecule has 0 aromatic heterocycles. The van der Waals surface area contributed by atoms with Crippen LogP contribution in [0.15, 0.2) is 71.6 Å². The molecule has 0 atom stereocenters. The Hall–Kier alpha value is -3.03. The smallest absolute Gasteiger partial charge is 0.262 e. The highest BCUT2D eigenvalue weighted by atomic mass is 35.5. The molecule has 0 aliphatic carbocycles. The quantitative estimate of drug-likeness (QED) is 0.549. The number of hydrogen-bond donors (Lipinski definition) is 2. The van der Waals surface area contributed by atoms with Crippen molar-refractivity contribution in [3.63, 3.8) is 0 Å². The standard InChI is InChI=1S/C22H21ClN2O4S/c1-15-11-16(2)13-17(12-15)25-30(27,28)19-9-7-18(8-10-19)29-14-22(26)24-21-6-4-3-5-20(21)23/h3-13,25H,14H2,1-2H3,(H,24,26). The lowest BCUT2D eigenvalue weighted by atomic mass is 10.1. The van der Waals surface area contributed by atoms with E-state index in [4.69, 9.17) is 16.3 Å². The maximum atomic E-state index is 12.6. The molecule has 0 aliphatic rings. The summed E-state index contributed by atoms with van der Waals surface area (Å²) in [5.74, 6) is -0.00839. The third kappa shape index (κ3) is 5.75. The van der Waals surface area contributed by atoms with E-state index in [1.807, 2.05) is 19.9 Å². The molecule has 3 aromatic rings. The van der Waals surface area contributed by atoms with Gasteiger partial charge in [-0.3, -0.25) is 9.52 Å². The van der Waals surface area contributed by atoms with E-state index in [1.54, 1.807) is 36.4 Å². The summed E-state index contributed by atoms with van der Waals surface area (Å²) in [5, 5.41) is 3.08. The number of aryl methyl sites for hydroxylation is 2. The van der Waals surface area contributed by atoms with Crippen LogP contribution < -0.4 is 14.8 Å². The Balaban J connectivity index is 1.61. The van der Waals surface area contributed by atoms with Crippen LogP contribution in [0.25, 0.3) is 0 Å². The topological polar surface area (TPSA) is 84.5 Å². The minimum absolute atomic E-state index is 0.0922. The van der Waals surface area contributed by atoms with Crippen molar-refractivity contribution in [2.75, 3.05) is 16.6 Å². The van der Waals surface area contributed by atoms with Gasteiger partial charge in [0.1, 0.15) is 5.75 Å². The number of anilines is 2. The van der Waals surface area contributed by atoms with Crippen LogP contribution in [0, 0.1) is 13.8 Å². The Morgan fingerprint density at radius 3 is 2.23 bits per heavy atom. The zero-order chi connectivity index (χ0) is 21.7.